The molecule has 5 rings (SSSR count). The molecule has 1 amide bonds. The van der Waals surface area contributed by atoms with Crippen molar-refractivity contribution >= 4 is 22.6 Å². The Labute approximate surface area is 199 Å². The molecule has 0 radical (unpaired) electrons. The number of hydrogen-bond donors (Lipinski definition) is 1. The molecule has 0 unspecified atom stereocenters. The second-order valence-electron chi connectivity index (χ2n) is 8.88. The minimum absolute atomic E-state index is 0.0454. The van der Waals surface area contributed by atoms with Gasteiger partial charge in [0.25, 0.3) is 5.91 Å². The molecule has 1 N–H and O–H groups in total. The molecule has 0 bridgehead atoms. The number of nitrogens with one attached hydrogen (secondary N) is 1. The third-order valence-corrected chi connectivity index (χ3v) is 6.44. The SMILES string of the molecule is Cc1ccc(C(=O)N2CCOC[C@@H](Cc3cccc4occc34)C2)cc1NCc1ccncc1. The van der Waals surface area contributed by atoms with Crippen LogP contribution in [0.15, 0.2) is 77.7 Å². The Bertz CT molecular complexity index is 1270. The molecule has 1 saturated heterocycles. The van der Waals surface area contributed by atoms with E-state index in [9.17, 15) is 4.79 Å². The van der Waals surface area contributed by atoms with Crippen molar-refractivity contribution in [3.8, 4) is 0 Å². The third-order valence-electron chi connectivity index (χ3n) is 6.44. The molecule has 6 nitrogen and oxygen atoms in total. The van der Waals surface area contributed by atoms with Crippen LogP contribution in [0, 0.1) is 12.8 Å². The lowest BCUT2D eigenvalue weighted by Gasteiger charge is -2.24. The molecular weight excluding hydrogens is 426 g/mol. The fourth-order valence-corrected chi connectivity index (χ4v) is 4.56. The summed E-state index contributed by atoms with van der Waals surface area (Å²) in [6, 6.07) is 18.0. The minimum Gasteiger partial charge on any atom is -0.464 e. The lowest BCUT2D eigenvalue weighted by atomic mass is 9.97. The van der Waals surface area contributed by atoms with E-state index < -0.39 is 0 Å². The second-order valence-corrected chi connectivity index (χ2v) is 8.88. The Kier molecular flexibility index (Phi) is 6.58. The standard InChI is InChI=1S/C28H29N3O3/c1-20-5-6-24(16-26(20)30-17-21-7-10-29-11-8-21)28(32)31-12-14-33-19-22(18-31)15-23-3-2-4-27-25(23)9-13-34-27/h2-11,13,16,22,30H,12,14-15,17-19H2,1H3/t22-/m0/s1. The van der Waals surface area contributed by atoms with E-state index >= 15 is 0 Å². The van der Waals surface area contributed by atoms with Gasteiger partial charge in [0.2, 0.25) is 0 Å². The van der Waals surface area contributed by atoms with Gasteiger partial charge in [-0.15, -0.1) is 0 Å². The van der Waals surface area contributed by atoms with E-state index in [2.05, 4.69) is 23.3 Å². The number of furan rings is 1. The van der Waals surface area contributed by atoms with Crippen molar-refractivity contribution in [2.24, 2.45) is 5.92 Å². The van der Waals surface area contributed by atoms with E-state index in [0.717, 1.165) is 34.2 Å². The van der Waals surface area contributed by atoms with Crippen LogP contribution in [-0.4, -0.2) is 42.1 Å². The van der Waals surface area contributed by atoms with E-state index in [1.807, 2.05) is 53.4 Å². The normalized spacial score (nSPS) is 16.4. The molecule has 1 aliphatic heterocycles. The summed E-state index contributed by atoms with van der Waals surface area (Å²) in [6.45, 7) is 5.19. The Morgan fingerprint density at radius 2 is 2.03 bits per heavy atom. The summed E-state index contributed by atoms with van der Waals surface area (Å²) in [4.78, 5) is 19.5. The van der Waals surface area contributed by atoms with Crippen molar-refractivity contribution in [3.05, 3.63) is 95.5 Å². The number of carbonyl (C=O) groups is 1. The van der Waals surface area contributed by atoms with E-state index in [1.165, 1.54) is 5.56 Å². The maximum Gasteiger partial charge on any atom is 0.254 e. The van der Waals surface area contributed by atoms with Crippen molar-refractivity contribution in [2.75, 3.05) is 31.6 Å². The van der Waals surface area contributed by atoms with Crippen molar-refractivity contribution in [3.63, 3.8) is 0 Å². The smallest absolute Gasteiger partial charge is 0.254 e. The van der Waals surface area contributed by atoms with Gasteiger partial charge >= 0.3 is 0 Å². The number of rotatable bonds is 6. The van der Waals surface area contributed by atoms with Crippen LogP contribution < -0.4 is 5.32 Å². The van der Waals surface area contributed by atoms with Gasteiger partial charge in [0.05, 0.1) is 19.5 Å². The first-order valence-electron chi connectivity index (χ1n) is 11.7. The highest BCUT2D eigenvalue weighted by molar-refractivity contribution is 5.95. The molecule has 174 valence electrons. The molecule has 1 fully saturated rings. The fourth-order valence-electron chi connectivity index (χ4n) is 4.56. The number of benzene rings is 2. The molecule has 4 aromatic rings. The number of pyridine rings is 1. The number of aryl methyl sites for hydroxylation is 1. The zero-order chi connectivity index (χ0) is 23.3. The van der Waals surface area contributed by atoms with Crippen LogP contribution in [0.1, 0.15) is 27.0 Å². The van der Waals surface area contributed by atoms with Gasteiger partial charge in [-0.3, -0.25) is 9.78 Å². The number of anilines is 1. The Morgan fingerprint density at radius 1 is 1.15 bits per heavy atom. The summed E-state index contributed by atoms with van der Waals surface area (Å²) in [5.74, 6) is 0.269. The van der Waals surface area contributed by atoms with Gasteiger partial charge in [0.1, 0.15) is 5.58 Å². The number of carbonyl (C=O) groups excluding carboxylic acids is 1. The Morgan fingerprint density at radius 3 is 2.91 bits per heavy atom. The summed E-state index contributed by atoms with van der Waals surface area (Å²) in [6.07, 6.45) is 6.14. The maximum atomic E-state index is 13.5. The summed E-state index contributed by atoms with van der Waals surface area (Å²) < 4.78 is 11.4. The molecule has 34 heavy (non-hydrogen) atoms. The van der Waals surface area contributed by atoms with Gasteiger partial charge in [0, 0.05) is 54.6 Å². The molecule has 0 saturated carbocycles. The van der Waals surface area contributed by atoms with Gasteiger partial charge in [0.15, 0.2) is 0 Å². The molecule has 1 atom stereocenters. The van der Waals surface area contributed by atoms with Crippen LogP contribution in [0.25, 0.3) is 11.0 Å². The fraction of sp³-hybridized carbons (Fsp3) is 0.286. The molecule has 2 aromatic heterocycles. The molecule has 1 aliphatic rings. The minimum atomic E-state index is 0.0454. The van der Waals surface area contributed by atoms with Crippen LogP contribution in [0.5, 0.6) is 0 Å². The highest BCUT2D eigenvalue weighted by Crippen LogP contribution is 2.25. The predicted molar refractivity (Wildman–Crippen MR) is 133 cm³/mol. The van der Waals surface area contributed by atoms with E-state index in [-0.39, 0.29) is 11.8 Å². The quantitative estimate of drug-likeness (QED) is 0.439. The summed E-state index contributed by atoms with van der Waals surface area (Å²) in [7, 11) is 0. The van der Waals surface area contributed by atoms with Crippen LogP contribution >= 0.6 is 0 Å². The van der Waals surface area contributed by atoms with E-state index in [1.54, 1.807) is 18.7 Å². The molecule has 2 aromatic carbocycles. The summed E-state index contributed by atoms with van der Waals surface area (Å²) in [5, 5.41) is 4.60. The number of amides is 1. The molecule has 0 spiro atoms. The summed E-state index contributed by atoms with van der Waals surface area (Å²) in [5.41, 5.74) is 6.04. The van der Waals surface area contributed by atoms with Crippen LogP contribution in [-0.2, 0) is 17.7 Å². The van der Waals surface area contributed by atoms with Crippen molar-refractivity contribution in [2.45, 2.75) is 19.9 Å². The predicted octanol–water partition coefficient (Wildman–Crippen LogP) is 5.08. The lowest BCUT2D eigenvalue weighted by molar-refractivity contribution is 0.0737. The maximum absolute atomic E-state index is 13.5. The van der Waals surface area contributed by atoms with Gasteiger partial charge in [-0.1, -0.05) is 18.2 Å². The summed E-state index contributed by atoms with van der Waals surface area (Å²) >= 11 is 0. The second kappa shape index (κ2) is 10.1. The van der Waals surface area contributed by atoms with E-state index in [4.69, 9.17) is 9.15 Å². The van der Waals surface area contributed by atoms with Crippen LogP contribution in [0.4, 0.5) is 5.69 Å². The van der Waals surface area contributed by atoms with Gasteiger partial charge in [-0.2, -0.15) is 0 Å². The first kappa shape index (κ1) is 22.2. The van der Waals surface area contributed by atoms with Gasteiger partial charge < -0.3 is 19.4 Å². The van der Waals surface area contributed by atoms with Crippen LogP contribution in [0.3, 0.4) is 0 Å². The van der Waals surface area contributed by atoms with E-state index in [0.29, 0.717) is 38.4 Å². The zero-order valence-corrected chi connectivity index (χ0v) is 19.4. The highest BCUT2D eigenvalue weighted by Gasteiger charge is 2.24. The van der Waals surface area contributed by atoms with Crippen molar-refractivity contribution in [1.29, 1.82) is 0 Å². The van der Waals surface area contributed by atoms with Crippen molar-refractivity contribution < 1.29 is 13.9 Å². The zero-order valence-electron chi connectivity index (χ0n) is 19.4. The average molecular weight is 456 g/mol. The number of fused-ring (bicyclic) bond motifs is 1. The van der Waals surface area contributed by atoms with Crippen molar-refractivity contribution in [1.82, 2.24) is 9.88 Å². The molecule has 3 heterocycles. The number of nitrogens with zero attached hydrogens (tertiary/aromatic N) is 2. The van der Waals surface area contributed by atoms with Gasteiger partial charge in [-0.05, 0) is 66.4 Å². The first-order valence-corrected chi connectivity index (χ1v) is 11.7. The number of aromatic nitrogens is 1. The topological polar surface area (TPSA) is 67.6 Å². The lowest BCUT2D eigenvalue weighted by Crippen LogP contribution is -2.36. The Hall–Kier alpha value is -3.64. The number of ether oxygens (including phenoxy) is 1. The highest BCUT2D eigenvalue weighted by atomic mass is 16.5. The third kappa shape index (κ3) is 4.97. The average Bonchev–Trinajstić information content (AvgIpc) is 3.24. The monoisotopic (exact) mass is 455 g/mol. The molecule has 0 aliphatic carbocycles. The molecule has 6 heteroatoms. The molecular formula is C28H29N3O3. The number of hydrogen-bond acceptors (Lipinski definition) is 5. The largest absolute Gasteiger partial charge is 0.464 e. The van der Waals surface area contributed by atoms with Crippen LogP contribution in [0.2, 0.25) is 0 Å². The Balaban J connectivity index is 1.29. The first-order chi connectivity index (χ1) is 16.7. The van der Waals surface area contributed by atoms with Gasteiger partial charge in [-0.25, -0.2) is 0 Å².